The number of fused-ring (bicyclic) bond motifs is 1. The lowest BCUT2D eigenvalue weighted by atomic mass is 10.1. The van der Waals surface area contributed by atoms with E-state index in [2.05, 4.69) is 5.32 Å². The molecule has 2 aliphatic heterocycles. The first-order chi connectivity index (χ1) is 10.2. The van der Waals surface area contributed by atoms with Crippen LogP contribution in [0.5, 0.6) is 11.5 Å². The zero-order chi connectivity index (χ0) is 14.4. The minimum absolute atomic E-state index is 0.0229. The predicted octanol–water partition coefficient (Wildman–Crippen LogP) is 0.652. The monoisotopic (exact) mass is 288 g/mol. The maximum atomic E-state index is 12.4. The summed E-state index contributed by atoms with van der Waals surface area (Å²) in [6.07, 6.45) is 2.04. The van der Waals surface area contributed by atoms with Gasteiger partial charge in [-0.05, 0) is 36.5 Å². The third-order valence-electron chi connectivity index (χ3n) is 4.13. The highest BCUT2D eigenvalue weighted by Crippen LogP contribution is 2.35. The van der Waals surface area contributed by atoms with Crippen LogP contribution in [0.1, 0.15) is 18.4 Å². The molecule has 0 spiro atoms. The van der Waals surface area contributed by atoms with Crippen LogP contribution in [0.3, 0.4) is 0 Å². The number of ether oxygens (including phenoxy) is 2. The fourth-order valence-electron chi connectivity index (χ4n) is 2.87. The molecule has 4 rings (SSSR count). The summed E-state index contributed by atoms with van der Waals surface area (Å²) < 4.78 is 10.6. The van der Waals surface area contributed by atoms with Gasteiger partial charge in [0.2, 0.25) is 18.6 Å². The van der Waals surface area contributed by atoms with Crippen LogP contribution in [0.25, 0.3) is 0 Å². The van der Waals surface area contributed by atoms with Crippen LogP contribution >= 0.6 is 0 Å². The maximum absolute atomic E-state index is 12.4. The average Bonchev–Trinajstić information content (AvgIpc) is 3.20. The van der Waals surface area contributed by atoms with E-state index in [4.69, 9.17) is 9.47 Å². The molecule has 1 saturated heterocycles. The number of piperazine rings is 1. The average molecular weight is 288 g/mol. The molecule has 110 valence electrons. The normalized spacial score (nSPS) is 24.2. The highest BCUT2D eigenvalue weighted by Gasteiger charge is 2.42. The number of nitrogens with one attached hydrogen (secondary N) is 1. The van der Waals surface area contributed by atoms with Crippen molar-refractivity contribution in [2.24, 2.45) is 5.92 Å². The molecule has 6 heteroatoms. The topological polar surface area (TPSA) is 67.9 Å². The quantitative estimate of drug-likeness (QED) is 0.887. The molecular formula is C15H16N2O4. The number of carbonyl (C=O) groups excluding carboxylic acids is 2. The zero-order valence-electron chi connectivity index (χ0n) is 11.5. The van der Waals surface area contributed by atoms with Crippen LogP contribution in [0.15, 0.2) is 18.2 Å². The third-order valence-corrected chi connectivity index (χ3v) is 4.13. The van der Waals surface area contributed by atoms with Crippen LogP contribution in [0, 0.1) is 5.92 Å². The second-order valence-electron chi connectivity index (χ2n) is 5.76. The van der Waals surface area contributed by atoms with Crippen molar-refractivity contribution >= 4 is 11.8 Å². The second-order valence-corrected chi connectivity index (χ2v) is 5.76. The van der Waals surface area contributed by atoms with Gasteiger partial charge in [0.25, 0.3) is 0 Å². The van der Waals surface area contributed by atoms with Gasteiger partial charge in [-0.2, -0.15) is 0 Å². The largest absolute Gasteiger partial charge is 0.454 e. The summed E-state index contributed by atoms with van der Waals surface area (Å²) in [7, 11) is 0. The number of amides is 2. The van der Waals surface area contributed by atoms with E-state index in [-0.39, 0.29) is 31.2 Å². The number of rotatable bonds is 3. The van der Waals surface area contributed by atoms with Crippen molar-refractivity contribution in [2.75, 3.05) is 13.3 Å². The lowest BCUT2D eigenvalue weighted by Crippen LogP contribution is -2.58. The van der Waals surface area contributed by atoms with Crippen molar-refractivity contribution in [1.82, 2.24) is 10.2 Å². The van der Waals surface area contributed by atoms with Crippen molar-refractivity contribution in [3.8, 4) is 11.5 Å². The minimum Gasteiger partial charge on any atom is -0.454 e. The lowest BCUT2D eigenvalue weighted by Gasteiger charge is -2.32. The van der Waals surface area contributed by atoms with E-state index in [1.165, 1.54) is 0 Å². The summed E-state index contributed by atoms with van der Waals surface area (Å²) in [6.45, 7) is 0.774. The fraction of sp³-hybridized carbons (Fsp3) is 0.467. The first kappa shape index (κ1) is 12.5. The summed E-state index contributed by atoms with van der Waals surface area (Å²) in [5.41, 5.74) is 0.942. The van der Waals surface area contributed by atoms with Gasteiger partial charge in [-0.1, -0.05) is 6.07 Å². The van der Waals surface area contributed by atoms with E-state index in [0.29, 0.717) is 18.2 Å². The first-order valence-electron chi connectivity index (χ1n) is 7.17. The molecule has 0 aromatic heterocycles. The van der Waals surface area contributed by atoms with E-state index < -0.39 is 0 Å². The molecule has 6 nitrogen and oxygen atoms in total. The molecule has 1 saturated carbocycles. The summed E-state index contributed by atoms with van der Waals surface area (Å²) >= 11 is 0. The summed E-state index contributed by atoms with van der Waals surface area (Å²) in [6, 6.07) is 5.28. The van der Waals surface area contributed by atoms with Crippen LogP contribution < -0.4 is 14.8 Å². The first-order valence-corrected chi connectivity index (χ1v) is 7.17. The zero-order valence-corrected chi connectivity index (χ0v) is 11.5. The molecular weight excluding hydrogens is 272 g/mol. The second kappa shape index (κ2) is 4.65. The van der Waals surface area contributed by atoms with Gasteiger partial charge in [0, 0.05) is 6.54 Å². The number of carbonyl (C=O) groups is 2. The molecule has 2 amide bonds. The highest BCUT2D eigenvalue weighted by atomic mass is 16.7. The van der Waals surface area contributed by atoms with Crippen molar-refractivity contribution in [1.29, 1.82) is 0 Å². The predicted molar refractivity (Wildman–Crippen MR) is 72.6 cm³/mol. The Bertz CT molecular complexity index is 612. The van der Waals surface area contributed by atoms with Gasteiger partial charge in [-0.3, -0.25) is 9.59 Å². The highest BCUT2D eigenvalue weighted by molar-refractivity contribution is 5.95. The van der Waals surface area contributed by atoms with Crippen LogP contribution in [0.4, 0.5) is 0 Å². The van der Waals surface area contributed by atoms with E-state index in [9.17, 15) is 9.59 Å². The molecule has 3 aliphatic rings. The van der Waals surface area contributed by atoms with Gasteiger partial charge in [-0.25, -0.2) is 0 Å². The summed E-state index contributed by atoms with van der Waals surface area (Å²) in [4.78, 5) is 25.9. The Kier molecular flexibility index (Phi) is 2.77. The van der Waals surface area contributed by atoms with Gasteiger partial charge in [0.1, 0.15) is 6.04 Å². The molecule has 1 atom stereocenters. The molecule has 1 unspecified atom stereocenters. The molecule has 1 aromatic carbocycles. The molecule has 0 radical (unpaired) electrons. The number of hydrogen-bond donors (Lipinski definition) is 1. The van der Waals surface area contributed by atoms with E-state index in [0.717, 1.165) is 24.2 Å². The van der Waals surface area contributed by atoms with E-state index in [1.54, 1.807) is 4.90 Å². The Morgan fingerprint density at radius 1 is 1.19 bits per heavy atom. The van der Waals surface area contributed by atoms with Gasteiger partial charge in [-0.15, -0.1) is 0 Å². The lowest BCUT2D eigenvalue weighted by molar-refractivity contribution is -0.145. The van der Waals surface area contributed by atoms with Crippen molar-refractivity contribution in [3.63, 3.8) is 0 Å². The molecule has 2 heterocycles. The minimum atomic E-state index is -0.333. The Morgan fingerprint density at radius 2 is 2.00 bits per heavy atom. The van der Waals surface area contributed by atoms with Gasteiger partial charge in [0.05, 0.1) is 6.54 Å². The Hall–Kier alpha value is -2.24. The molecule has 21 heavy (non-hydrogen) atoms. The van der Waals surface area contributed by atoms with Gasteiger partial charge >= 0.3 is 0 Å². The van der Waals surface area contributed by atoms with Gasteiger partial charge in [0.15, 0.2) is 11.5 Å². The van der Waals surface area contributed by atoms with Crippen molar-refractivity contribution in [2.45, 2.75) is 25.4 Å². The molecule has 1 N–H and O–H groups in total. The molecule has 2 fully saturated rings. The Labute approximate surface area is 122 Å². The standard InChI is InChI=1S/C15H16N2O4/c18-13-7-17(15(19)14(16-13)10-2-3-10)6-9-1-4-11-12(5-9)21-8-20-11/h1,4-5,10,14H,2-3,6-8H2,(H,16,18). The number of nitrogens with zero attached hydrogens (tertiary/aromatic N) is 1. The molecule has 1 aliphatic carbocycles. The van der Waals surface area contributed by atoms with E-state index >= 15 is 0 Å². The van der Waals surface area contributed by atoms with Gasteiger partial charge < -0.3 is 19.7 Å². The Balaban J connectivity index is 1.52. The van der Waals surface area contributed by atoms with Crippen molar-refractivity contribution in [3.05, 3.63) is 23.8 Å². The van der Waals surface area contributed by atoms with Crippen LogP contribution in [0.2, 0.25) is 0 Å². The summed E-state index contributed by atoms with van der Waals surface area (Å²) in [5.74, 6) is 1.68. The van der Waals surface area contributed by atoms with Crippen LogP contribution in [-0.2, 0) is 16.1 Å². The number of hydrogen-bond acceptors (Lipinski definition) is 4. The fourth-order valence-corrected chi connectivity index (χ4v) is 2.87. The molecule has 0 bridgehead atoms. The maximum Gasteiger partial charge on any atom is 0.246 e. The third kappa shape index (κ3) is 2.30. The van der Waals surface area contributed by atoms with Crippen molar-refractivity contribution < 1.29 is 19.1 Å². The molecule has 1 aromatic rings. The summed E-state index contributed by atoms with van der Waals surface area (Å²) in [5, 5.41) is 2.81. The smallest absolute Gasteiger partial charge is 0.246 e. The number of benzene rings is 1. The Morgan fingerprint density at radius 3 is 2.81 bits per heavy atom. The SMILES string of the molecule is O=C1CN(Cc2ccc3c(c2)OCO3)C(=O)C(C2CC2)N1. The van der Waals surface area contributed by atoms with Crippen LogP contribution in [-0.4, -0.2) is 36.1 Å². The van der Waals surface area contributed by atoms with E-state index in [1.807, 2.05) is 18.2 Å².